The van der Waals surface area contributed by atoms with Crippen LogP contribution >= 0.6 is 0 Å². The van der Waals surface area contributed by atoms with Crippen LogP contribution < -0.4 is 5.73 Å². The molecule has 2 saturated carbocycles. The van der Waals surface area contributed by atoms with Gasteiger partial charge in [0.1, 0.15) is 12.0 Å². The van der Waals surface area contributed by atoms with Crippen LogP contribution in [0.4, 0.5) is 29.2 Å². The fourth-order valence-corrected chi connectivity index (χ4v) is 3.82. The van der Waals surface area contributed by atoms with Crippen LogP contribution in [-0.2, 0) is 0 Å². The molecule has 12 heteroatoms. The van der Waals surface area contributed by atoms with E-state index in [4.69, 9.17) is 5.73 Å². The molecule has 30 heavy (non-hydrogen) atoms. The summed E-state index contributed by atoms with van der Waals surface area (Å²) < 4.78 is 54.9. The number of alkyl halides is 4. The van der Waals surface area contributed by atoms with Crippen molar-refractivity contribution in [2.45, 2.75) is 75.3 Å². The molecular weight excluding hydrogens is 408 g/mol. The second-order valence-electron chi connectivity index (χ2n) is 7.86. The molecule has 0 saturated heterocycles. The molecule has 2 N–H and O–H groups in total. The minimum absolute atomic E-state index is 0.0320. The lowest BCUT2D eigenvalue weighted by Gasteiger charge is -2.28. The van der Waals surface area contributed by atoms with E-state index in [1.165, 1.54) is 12.5 Å². The molecular formula is C18H24F4N6O2. The number of nitrogens with zero attached hydrogens (tertiary/aromatic N) is 5. The van der Waals surface area contributed by atoms with Gasteiger partial charge in [-0.1, -0.05) is 0 Å². The van der Waals surface area contributed by atoms with Gasteiger partial charge in [0, 0.05) is 44.0 Å². The normalized spacial score (nSPS) is 21.6. The Morgan fingerprint density at radius 3 is 1.70 bits per heavy atom. The lowest BCUT2D eigenvalue weighted by molar-refractivity contribution is -0.389. The minimum atomic E-state index is -2.58. The van der Waals surface area contributed by atoms with Crippen molar-refractivity contribution in [3.8, 4) is 0 Å². The summed E-state index contributed by atoms with van der Waals surface area (Å²) in [6.07, 6.45) is 7.24. The highest BCUT2D eigenvalue weighted by molar-refractivity contribution is 5.23. The summed E-state index contributed by atoms with van der Waals surface area (Å²) in [6, 6.07) is 0.0419. The summed E-state index contributed by atoms with van der Waals surface area (Å²) in [5, 5.41) is 10.4. The zero-order chi connectivity index (χ0) is 21.9. The first-order chi connectivity index (χ1) is 14.0. The van der Waals surface area contributed by atoms with E-state index in [0.29, 0.717) is 31.5 Å². The highest BCUT2D eigenvalue weighted by atomic mass is 19.3. The monoisotopic (exact) mass is 432 g/mol. The predicted molar refractivity (Wildman–Crippen MR) is 100 cm³/mol. The number of hydrogen-bond donors (Lipinski definition) is 1. The molecule has 4 rings (SSSR count). The molecule has 2 aliphatic carbocycles. The van der Waals surface area contributed by atoms with E-state index in [1.54, 1.807) is 17.1 Å². The van der Waals surface area contributed by atoms with Crippen molar-refractivity contribution in [1.82, 2.24) is 19.1 Å². The molecule has 0 radical (unpaired) electrons. The van der Waals surface area contributed by atoms with Gasteiger partial charge in [-0.05, 0) is 35.6 Å². The number of aromatic nitrogens is 4. The quantitative estimate of drug-likeness (QED) is 0.428. The van der Waals surface area contributed by atoms with E-state index < -0.39 is 16.8 Å². The van der Waals surface area contributed by atoms with Crippen LogP contribution in [0.25, 0.3) is 0 Å². The van der Waals surface area contributed by atoms with Crippen LogP contribution in [-0.4, -0.2) is 35.9 Å². The van der Waals surface area contributed by atoms with Gasteiger partial charge in [-0.2, -0.15) is 0 Å². The van der Waals surface area contributed by atoms with Gasteiger partial charge in [-0.25, -0.2) is 22.5 Å². The smallest absolute Gasteiger partial charge is 0.381 e. The number of nitrogen functional groups attached to an aromatic ring is 1. The number of nitrogens with two attached hydrogens (primary N) is 1. The van der Waals surface area contributed by atoms with Gasteiger partial charge in [0.2, 0.25) is 18.2 Å². The van der Waals surface area contributed by atoms with Crippen LogP contribution in [0.3, 0.4) is 0 Å². The molecule has 2 aliphatic rings. The number of hydrogen-bond acceptors (Lipinski definition) is 5. The molecule has 2 heterocycles. The number of halogens is 4. The predicted octanol–water partition coefficient (Wildman–Crippen LogP) is 4.76. The molecule has 2 aromatic heterocycles. The van der Waals surface area contributed by atoms with Gasteiger partial charge in [0.05, 0.1) is 6.33 Å². The number of nitro groups is 1. The van der Waals surface area contributed by atoms with Crippen molar-refractivity contribution >= 4 is 11.6 Å². The highest BCUT2D eigenvalue weighted by Gasteiger charge is 2.36. The van der Waals surface area contributed by atoms with Crippen molar-refractivity contribution in [2.24, 2.45) is 0 Å². The molecule has 0 atom stereocenters. The molecule has 0 unspecified atom stereocenters. The molecule has 0 spiro atoms. The molecule has 0 aromatic carbocycles. The molecule has 8 nitrogen and oxygen atoms in total. The summed E-state index contributed by atoms with van der Waals surface area (Å²) in [7, 11) is 0. The number of anilines is 1. The number of imidazole rings is 2. The third-order valence-electron chi connectivity index (χ3n) is 5.61. The minimum Gasteiger partial charge on any atom is -0.382 e. The first-order valence-electron chi connectivity index (χ1n) is 9.77. The van der Waals surface area contributed by atoms with Crippen molar-refractivity contribution in [3.63, 3.8) is 0 Å². The summed E-state index contributed by atoms with van der Waals surface area (Å²) in [6.45, 7) is 0. The third-order valence-corrected chi connectivity index (χ3v) is 5.61. The Balaban J connectivity index is 0.000000172. The van der Waals surface area contributed by atoms with E-state index in [-0.39, 0.29) is 43.6 Å². The Bertz CT molecular complexity index is 848. The van der Waals surface area contributed by atoms with Gasteiger partial charge < -0.3 is 25.0 Å². The van der Waals surface area contributed by atoms with E-state index in [2.05, 4.69) is 9.97 Å². The lowest BCUT2D eigenvalue weighted by atomic mass is 9.92. The Labute approximate surface area is 170 Å². The van der Waals surface area contributed by atoms with Gasteiger partial charge in [0.25, 0.3) is 0 Å². The van der Waals surface area contributed by atoms with E-state index in [0.717, 1.165) is 0 Å². The zero-order valence-electron chi connectivity index (χ0n) is 16.3. The maximum Gasteiger partial charge on any atom is 0.381 e. The first-order valence-corrected chi connectivity index (χ1v) is 9.77. The molecule has 0 aliphatic heterocycles. The molecule has 166 valence electrons. The van der Waals surface area contributed by atoms with Crippen molar-refractivity contribution in [1.29, 1.82) is 0 Å². The molecule has 0 bridgehead atoms. The topological polar surface area (TPSA) is 105 Å². The van der Waals surface area contributed by atoms with Crippen molar-refractivity contribution in [2.75, 3.05) is 5.73 Å². The fraction of sp³-hybridized carbons (Fsp3) is 0.667. The largest absolute Gasteiger partial charge is 0.382 e. The summed E-state index contributed by atoms with van der Waals surface area (Å²) in [5.74, 6) is -4.84. The van der Waals surface area contributed by atoms with Crippen LogP contribution in [0.5, 0.6) is 0 Å². The second kappa shape index (κ2) is 8.60. The standard InChI is InChI=1S/C9H11F2N3O2.C9H13F2N3/c10-9(11)3-1-7(2-4-9)13-5-8(12-6-13)14(15)16;10-9(11)3-1-7(2-4-9)14-5-8(12)13-6-14/h5-7H,1-4H2;5-7H,1-4,12H2. The molecule has 2 fully saturated rings. The first kappa shape index (κ1) is 22.0. The third kappa shape index (κ3) is 5.70. The Morgan fingerprint density at radius 1 is 0.900 bits per heavy atom. The lowest BCUT2D eigenvalue weighted by Crippen LogP contribution is -2.25. The maximum atomic E-state index is 12.9. The summed E-state index contributed by atoms with van der Waals surface area (Å²) >= 11 is 0. The Hall–Kier alpha value is -2.66. The Morgan fingerprint density at radius 2 is 1.33 bits per heavy atom. The van der Waals surface area contributed by atoms with Gasteiger partial charge in [0.15, 0.2) is 0 Å². The average molecular weight is 432 g/mol. The van der Waals surface area contributed by atoms with Gasteiger partial charge >= 0.3 is 5.82 Å². The van der Waals surface area contributed by atoms with Gasteiger partial charge in [-0.15, -0.1) is 0 Å². The van der Waals surface area contributed by atoms with Crippen molar-refractivity contribution < 1.29 is 22.5 Å². The fourth-order valence-electron chi connectivity index (χ4n) is 3.82. The number of rotatable bonds is 3. The Kier molecular flexibility index (Phi) is 6.32. The van der Waals surface area contributed by atoms with Crippen molar-refractivity contribution in [3.05, 3.63) is 35.2 Å². The van der Waals surface area contributed by atoms with E-state index in [1.807, 2.05) is 4.57 Å². The SMILES string of the molecule is Nc1cn(C2CCC(F)(F)CC2)cn1.O=[N+]([O-])c1cn(C2CCC(F)(F)CC2)cn1. The summed E-state index contributed by atoms with van der Waals surface area (Å²) in [4.78, 5) is 17.3. The van der Waals surface area contributed by atoms with E-state index in [9.17, 15) is 27.7 Å². The molecule has 2 aromatic rings. The van der Waals surface area contributed by atoms with Crippen LogP contribution in [0.2, 0.25) is 0 Å². The van der Waals surface area contributed by atoms with Crippen LogP contribution in [0.15, 0.2) is 25.0 Å². The highest BCUT2D eigenvalue weighted by Crippen LogP contribution is 2.39. The van der Waals surface area contributed by atoms with E-state index >= 15 is 0 Å². The zero-order valence-corrected chi connectivity index (χ0v) is 16.3. The van der Waals surface area contributed by atoms with Gasteiger partial charge in [-0.3, -0.25) is 0 Å². The second-order valence-corrected chi connectivity index (χ2v) is 7.86. The van der Waals surface area contributed by atoms with Crippen LogP contribution in [0.1, 0.15) is 63.5 Å². The van der Waals surface area contributed by atoms with Crippen LogP contribution in [0, 0.1) is 10.1 Å². The summed E-state index contributed by atoms with van der Waals surface area (Å²) in [5.41, 5.74) is 5.46. The molecule has 0 amide bonds. The maximum absolute atomic E-state index is 12.9. The average Bonchev–Trinajstić information content (AvgIpc) is 3.32.